The van der Waals surface area contributed by atoms with Crippen molar-refractivity contribution in [1.29, 1.82) is 0 Å². The number of phosphoric acid groups is 4. The molecular weight excluding hydrogens is 1130 g/mol. The van der Waals surface area contributed by atoms with Crippen LogP contribution in [0.3, 0.4) is 0 Å². The first kappa shape index (κ1) is 56.1. The summed E-state index contributed by atoms with van der Waals surface area (Å²) in [6, 6.07) is 0. The molecule has 77 heavy (non-hydrogen) atoms. The topological polar surface area (TPSA) is 579 Å². The number of nitrogens with two attached hydrogens (primary N) is 3. The summed E-state index contributed by atoms with van der Waals surface area (Å²) in [6.07, 6.45) is -17.2. The van der Waals surface area contributed by atoms with E-state index in [0.29, 0.717) is 0 Å². The van der Waals surface area contributed by atoms with E-state index in [1.165, 1.54) is 17.9 Å². The molecule has 420 valence electrons. The van der Waals surface area contributed by atoms with Gasteiger partial charge in [0.1, 0.15) is 60.7 Å². The summed E-state index contributed by atoms with van der Waals surface area (Å²) >= 11 is 0. The number of esters is 1. The summed E-state index contributed by atoms with van der Waals surface area (Å²) in [5.74, 6) is -1.90. The quantitative estimate of drug-likeness (QED) is 0.0206. The maximum absolute atomic E-state index is 13.8. The highest BCUT2D eigenvalue weighted by Crippen LogP contribution is 2.68. The summed E-state index contributed by atoms with van der Waals surface area (Å²) < 4.78 is 108. The van der Waals surface area contributed by atoms with E-state index in [0.717, 1.165) is 39.6 Å². The van der Waals surface area contributed by atoms with Crippen molar-refractivity contribution in [2.75, 3.05) is 37.0 Å². The first-order valence-corrected chi connectivity index (χ1v) is 27.6. The standard InChI is InChI=1S/C33H43N15O25P4/c1-10(49)67-22-21(71-74(56,57)64-3-11-17(50)19(52)29(68-11)47-8-40-15-25(47)41-32(35)43-27(15)54)13(70-31(22)46-7-39-14-23(34)37-6-38-24(14)46)5-66-76(60,61)73-77(62,63)72-75(58,59)65-4-12-18(51)20(53)30(69-12)48-9-45(2)16-26(48)42-33(36)44-28(16)55/h6-9,11-13,17-22,29-31,50-53H,3-5H2,1-2H3,(H11-,34,35,36,37,38,41,42,43,44,54,55,56,57,58,59,60,61,62,63)/p+1. The van der Waals surface area contributed by atoms with Gasteiger partial charge in [0.2, 0.25) is 17.7 Å². The molecule has 16 atom stereocenters. The predicted octanol–water partition coefficient (Wildman–Crippen LogP) is -4.79. The molecule has 0 amide bonds. The fraction of sp³-hybridized carbons (Fsp3) is 0.515. The van der Waals surface area contributed by atoms with Crippen LogP contribution in [-0.4, -0.2) is 174 Å². The third-order valence-corrected chi connectivity index (χ3v) is 16.8. The van der Waals surface area contributed by atoms with Crippen molar-refractivity contribution < 1.29 is 113 Å². The van der Waals surface area contributed by atoms with Crippen LogP contribution in [0.25, 0.3) is 33.5 Å². The average Bonchev–Trinajstić information content (AvgIpc) is 4.23. The zero-order valence-electron chi connectivity index (χ0n) is 38.9. The molecule has 6 aromatic heterocycles. The highest BCUT2D eigenvalue weighted by molar-refractivity contribution is 7.66. The SMILES string of the molecule is CC(=O)OC1C(OP(=O)(O)OCC2OC(n3cnc4c(=O)[nH]c(N)nc43)C(O)C2O)C(COP(=O)(O)OP(=O)(O)OP(=O)(O)OCC2OC([n+]3cn(C)c4c(=O)[nH]c(N)nc43)C(O)C2O)OC1n1cnc2c(N)ncnc21. The number of nitrogens with zero attached hydrogens (tertiary/aromatic N) is 10. The fourth-order valence-corrected chi connectivity index (χ4v) is 12.8. The van der Waals surface area contributed by atoms with Crippen molar-refractivity contribution in [2.24, 2.45) is 7.05 Å². The zero-order chi connectivity index (χ0) is 55.8. The van der Waals surface area contributed by atoms with Gasteiger partial charge in [0.25, 0.3) is 17.1 Å². The average molecular weight is 1170 g/mol. The molecule has 0 aromatic carbocycles. The van der Waals surface area contributed by atoms with Gasteiger partial charge in [-0.05, 0) is 0 Å². The lowest BCUT2D eigenvalue weighted by atomic mass is 10.1. The lowest BCUT2D eigenvalue weighted by Crippen LogP contribution is -2.46. The van der Waals surface area contributed by atoms with E-state index in [-0.39, 0.29) is 51.2 Å². The van der Waals surface area contributed by atoms with Crippen molar-refractivity contribution in [2.45, 2.75) is 80.5 Å². The Balaban J connectivity index is 0.882. The summed E-state index contributed by atoms with van der Waals surface area (Å²) in [7, 11) is -22.4. The van der Waals surface area contributed by atoms with Gasteiger partial charge in [-0.3, -0.25) is 56.1 Å². The van der Waals surface area contributed by atoms with E-state index in [4.69, 9.17) is 49.7 Å². The number of phosphoric ester groups is 3. The van der Waals surface area contributed by atoms with Crippen molar-refractivity contribution in [1.82, 2.24) is 53.6 Å². The second-order valence-electron chi connectivity index (χ2n) is 16.8. The van der Waals surface area contributed by atoms with Gasteiger partial charge in [0, 0.05) is 6.92 Å². The van der Waals surface area contributed by atoms with Gasteiger partial charge in [-0.25, -0.2) is 42.8 Å². The Hall–Kier alpha value is -5.64. The van der Waals surface area contributed by atoms with Crippen LogP contribution in [0.2, 0.25) is 0 Å². The molecule has 40 nitrogen and oxygen atoms in total. The second-order valence-corrected chi connectivity index (χ2v) is 22.9. The van der Waals surface area contributed by atoms with Crippen LogP contribution in [0.5, 0.6) is 0 Å². The number of aliphatic hydroxyl groups excluding tert-OH is 4. The van der Waals surface area contributed by atoms with E-state index in [1.807, 2.05) is 0 Å². The second kappa shape index (κ2) is 20.9. The first-order chi connectivity index (χ1) is 36.0. The minimum absolute atomic E-state index is 0.0362. The van der Waals surface area contributed by atoms with Crippen molar-refractivity contribution >= 4 is 88.5 Å². The normalized spacial score (nSPS) is 29.9. The monoisotopic (exact) mass is 1170 g/mol. The number of ether oxygens (including phenoxy) is 4. The van der Waals surface area contributed by atoms with Crippen LogP contribution >= 0.6 is 31.3 Å². The van der Waals surface area contributed by atoms with E-state index < -0.39 is 142 Å². The fourth-order valence-electron chi connectivity index (χ4n) is 8.35. The molecule has 6 aromatic rings. The Morgan fingerprint density at radius 2 is 1.25 bits per heavy atom. The molecule has 9 rings (SSSR count). The number of aromatic nitrogens is 12. The highest BCUT2D eigenvalue weighted by Gasteiger charge is 2.55. The number of hydrogen-bond acceptors (Lipinski definition) is 30. The summed E-state index contributed by atoms with van der Waals surface area (Å²) in [4.78, 5) is 108. The molecule has 0 bridgehead atoms. The molecule has 0 aliphatic carbocycles. The number of H-pyrrole nitrogens is 2. The van der Waals surface area contributed by atoms with Gasteiger partial charge in [0.05, 0.1) is 39.5 Å². The van der Waals surface area contributed by atoms with Gasteiger partial charge < -0.3 is 76.1 Å². The highest BCUT2D eigenvalue weighted by atomic mass is 31.3. The van der Waals surface area contributed by atoms with E-state index in [2.05, 4.69) is 53.0 Å². The number of nitrogen functional groups attached to an aromatic ring is 3. The van der Waals surface area contributed by atoms with Crippen LogP contribution in [0.1, 0.15) is 25.6 Å². The number of carbonyl (C=O) groups is 1. The van der Waals surface area contributed by atoms with Gasteiger partial charge in [-0.2, -0.15) is 13.6 Å². The number of rotatable bonds is 19. The number of anilines is 3. The van der Waals surface area contributed by atoms with Crippen molar-refractivity contribution in [3.8, 4) is 0 Å². The zero-order valence-corrected chi connectivity index (χ0v) is 42.4. The van der Waals surface area contributed by atoms with E-state index in [9.17, 15) is 72.6 Å². The molecule has 16 unspecified atom stereocenters. The van der Waals surface area contributed by atoms with E-state index in [1.54, 1.807) is 0 Å². The molecule has 3 aliphatic heterocycles. The number of carbonyl (C=O) groups excluding carboxylic acids is 1. The number of fused-ring (bicyclic) bond motifs is 3. The molecule has 16 N–H and O–H groups in total. The molecule has 9 heterocycles. The largest absolute Gasteiger partial charge is 0.490 e. The summed E-state index contributed by atoms with van der Waals surface area (Å²) in [5.41, 5.74) is 15.1. The van der Waals surface area contributed by atoms with Gasteiger partial charge in [-0.15, -0.1) is 0 Å². The van der Waals surface area contributed by atoms with Crippen LogP contribution < -0.4 is 32.9 Å². The third-order valence-electron chi connectivity index (χ3n) is 11.6. The Bertz CT molecular complexity index is 3580. The molecule has 0 saturated carbocycles. The minimum Gasteiger partial charge on any atom is -0.455 e. The van der Waals surface area contributed by atoms with Crippen molar-refractivity contribution in [3.05, 3.63) is 46.0 Å². The van der Waals surface area contributed by atoms with Crippen LogP contribution in [-0.2, 0) is 75.8 Å². The minimum atomic E-state index is -6.26. The number of nitrogens with one attached hydrogen (secondary N) is 2. The number of aromatic amines is 2. The molecule has 0 spiro atoms. The Kier molecular flexibility index (Phi) is 15.2. The Morgan fingerprint density at radius 1 is 0.688 bits per heavy atom. The maximum Gasteiger partial charge on any atom is 0.490 e. The number of imidazole rings is 3. The van der Waals surface area contributed by atoms with Crippen LogP contribution in [0.15, 0.2) is 34.9 Å². The first-order valence-electron chi connectivity index (χ1n) is 21.7. The number of aryl methyl sites for hydroxylation is 1. The molecule has 0 radical (unpaired) electrons. The lowest BCUT2D eigenvalue weighted by Gasteiger charge is -2.26. The van der Waals surface area contributed by atoms with E-state index >= 15 is 0 Å². The van der Waals surface area contributed by atoms with Gasteiger partial charge in [0.15, 0.2) is 47.5 Å². The summed E-state index contributed by atoms with van der Waals surface area (Å²) in [5, 5.41) is 43.2. The molecule has 44 heteroatoms. The number of hydrogen-bond donors (Lipinski definition) is 13. The number of aliphatic hydroxyl groups is 4. The summed E-state index contributed by atoms with van der Waals surface area (Å²) in [6.45, 7) is -2.71. The van der Waals surface area contributed by atoms with Gasteiger partial charge >= 0.3 is 42.9 Å². The van der Waals surface area contributed by atoms with Crippen LogP contribution in [0.4, 0.5) is 17.7 Å². The predicted molar refractivity (Wildman–Crippen MR) is 244 cm³/mol. The smallest absolute Gasteiger partial charge is 0.455 e. The lowest BCUT2D eigenvalue weighted by molar-refractivity contribution is -0.745. The molecule has 3 aliphatic rings. The third kappa shape index (κ3) is 11.5. The Labute approximate surface area is 425 Å². The van der Waals surface area contributed by atoms with Crippen LogP contribution in [0, 0.1) is 0 Å². The van der Waals surface area contributed by atoms with Crippen molar-refractivity contribution in [3.63, 3.8) is 0 Å². The molecule has 3 fully saturated rings. The maximum atomic E-state index is 13.8. The Morgan fingerprint density at radius 3 is 1.91 bits per heavy atom. The molecule has 3 saturated heterocycles. The molecular formula is C33H44N15O25P4+. The van der Waals surface area contributed by atoms with Gasteiger partial charge in [-0.1, -0.05) is 4.98 Å².